The number of nitrogens with zero attached hydrogens (tertiary/aromatic N) is 1. The molecule has 0 saturated heterocycles. The molecule has 1 atom stereocenters. The quantitative estimate of drug-likeness (QED) is 0.643. The molecule has 0 aromatic heterocycles. The maximum atomic E-state index is 13.1. The van der Waals surface area contributed by atoms with E-state index in [0.717, 1.165) is 5.56 Å². The molecule has 1 fully saturated rings. The van der Waals surface area contributed by atoms with Gasteiger partial charge >= 0.3 is 0 Å². The van der Waals surface area contributed by atoms with Gasteiger partial charge in [-0.15, -0.1) is 0 Å². The van der Waals surface area contributed by atoms with E-state index in [-0.39, 0.29) is 5.91 Å². The lowest BCUT2D eigenvalue weighted by molar-refractivity contribution is -0.123. The molecule has 6 heteroatoms. The number of rotatable bonds is 9. The van der Waals surface area contributed by atoms with Crippen molar-refractivity contribution in [1.82, 2.24) is 5.32 Å². The van der Waals surface area contributed by atoms with Gasteiger partial charge in [0.25, 0.3) is 0 Å². The fourth-order valence-corrected chi connectivity index (χ4v) is 3.19. The standard InChI is InChI=1S/C23H23N3O3/c1-2-13-29-17-9-7-16(8-10-17)14-20(22(28)26-23(15-24)11-12-23)18-5-3-4-6-19(18)21(25)27/h2-10,20H,1,11-14H2,(H2,25,27)(H,26,28)/t20-/m0/s1. The van der Waals surface area contributed by atoms with Gasteiger partial charge in [-0.3, -0.25) is 9.59 Å². The summed E-state index contributed by atoms with van der Waals surface area (Å²) in [6.07, 6.45) is 3.29. The topological polar surface area (TPSA) is 105 Å². The van der Waals surface area contributed by atoms with Crippen molar-refractivity contribution in [2.24, 2.45) is 5.73 Å². The van der Waals surface area contributed by atoms with Crippen molar-refractivity contribution in [2.45, 2.75) is 30.7 Å². The summed E-state index contributed by atoms with van der Waals surface area (Å²) < 4.78 is 5.49. The minimum atomic E-state index is -0.792. The largest absolute Gasteiger partial charge is 0.490 e. The predicted octanol–water partition coefficient (Wildman–Crippen LogP) is 2.85. The van der Waals surface area contributed by atoms with Crippen LogP contribution in [0.3, 0.4) is 0 Å². The molecule has 2 amide bonds. The summed E-state index contributed by atoms with van der Waals surface area (Å²) in [6.45, 7) is 4.03. The van der Waals surface area contributed by atoms with Crippen LogP contribution in [0.4, 0.5) is 0 Å². The number of ether oxygens (including phenoxy) is 1. The molecular formula is C23H23N3O3. The number of benzene rings is 2. The third kappa shape index (κ3) is 4.82. The zero-order chi connectivity index (χ0) is 20.9. The zero-order valence-corrected chi connectivity index (χ0v) is 16.1. The molecular weight excluding hydrogens is 366 g/mol. The van der Waals surface area contributed by atoms with E-state index in [1.807, 2.05) is 24.3 Å². The van der Waals surface area contributed by atoms with Crippen LogP contribution < -0.4 is 15.8 Å². The monoisotopic (exact) mass is 389 g/mol. The summed E-state index contributed by atoms with van der Waals surface area (Å²) in [5, 5.41) is 12.2. The molecule has 148 valence electrons. The smallest absolute Gasteiger partial charge is 0.249 e. The van der Waals surface area contributed by atoms with Crippen LogP contribution in [0.15, 0.2) is 61.2 Å². The van der Waals surface area contributed by atoms with E-state index in [0.29, 0.717) is 42.7 Å². The number of carbonyl (C=O) groups excluding carboxylic acids is 2. The van der Waals surface area contributed by atoms with Crippen molar-refractivity contribution in [3.8, 4) is 11.8 Å². The Hall–Kier alpha value is -3.59. The summed E-state index contributed by atoms with van der Waals surface area (Å²) in [4.78, 5) is 25.0. The normalized spacial score (nSPS) is 14.9. The summed E-state index contributed by atoms with van der Waals surface area (Å²) in [5.74, 6) is -0.823. The Morgan fingerprint density at radius 1 is 1.24 bits per heavy atom. The van der Waals surface area contributed by atoms with E-state index in [1.165, 1.54) is 0 Å². The van der Waals surface area contributed by atoms with Crippen molar-refractivity contribution in [3.63, 3.8) is 0 Å². The van der Waals surface area contributed by atoms with Gasteiger partial charge in [0.1, 0.15) is 17.9 Å². The molecule has 0 unspecified atom stereocenters. The molecule has 29 heavy (non-hydrogen) atoms. The maximum absolute atomic E-state index is 13.1. The lowest BCUT2D eigenvalue weighted by Gasteiger charge is -2.21. The summed E-state index contributed by atoms with van der Waals surface area (Å²) >= 11 is 0. The van der Waals surface area contributed by atoms with Crippen molar-refractivity contribution in [3.05, 3.63) is 77.9 Å². The van der Waals surface area contributed by atoms with Crippen molar-refractivity contribution in [2.75, 3.05) is 6.61 Å². The second-order valence-corrected chi connectivity index (χ2v) is 7.14. The number of amides is 2. The van der Waals surface area contributed by atoms with Gasteiger partial charge in [0.2, 0.25) is 11.8 Å². The van der Waals surface area contributed by atoms with Gasteiger partial charge in [0.05, 0.1) is 12.0 Å². The molecule has 1 aliphatic carbocycles. The number of primary amides is 1. The lowest BCUT2D eigenvalue weighted by atomic mass is 9.87. The predicted molar refractivity (Wildman–Crippen MR) is 109 cm³/mol. The molecule has 0 aliphatic heterocycles. The molecule has 2 aromatic carbocycles. The first-order valence-corrected chi connectivity index (χ1v) is 9.42. The summed E-state index contributed by atoms with van der Waals surface area (Å²) in [7, 11) is 0. The maximum Gasteiger partial charge on any atom is 0.249 e. The molecule has 6 nitrogen and oxygen atoms in total. The minimum Gasteiger partial charge on any atom is -0.490 e. The molecule has 3 rings (SSSR count). The van der Waals surface area contributed by atoms with E-state index in [1.54, 1.807) is 30.3 Å². The van der Waals surface area contributed by atoms with Gasteiger partial charge in [-0.05, 0) is 48.6 Å². The van der Waals surface area contributed by atoms with Gasteiger partial charge < -0.3 is 15.8 Å². The number of nitrogens with two attached hydrogens (primary N) is 1. The van der Waals surface area contributed by atoms with Crippen LogP contribution in [0.1, 0.15) is 40.2 Å². The van der Waals surface area contributed by atoms with Crippen LogP contribution in [-0.2, 0) is 11.2 Å². The van der Waals surface area contributed by atoms with Gasteiger partial charge in [-0.2, -0.15) is 5.26 Å². The van der Waals surface area contributed by atoms with Crippen LogP contribution in [0.2, 0.25) is 0 Å². The second-order valence-electron chi connectivity index (χ2n) is 7.14. The van der Waals surface area contributed by atoms with Crippen LogP contribution in [0.5, 0.6) is 5.75 Å². The average Bonchev–Trinajstić information content (AvgIpc) is 3.51. The minimum absolute atomic E-state index is 0.287. The van der Waals surface area contributed by atoms with Crippen LogP contribution in [0, 0.1) is 11.3 Å². The highest BCUT2D eigenvalue weighted by Gasteiger charge is 2.45. The number of hydrogen-bond donors (Lipinski definition) is 2. The number of nitrogens with one attached hydrogen (secondary N) is 1. The zero-order valence-electron chi connectivity index (χ0n) is 16.1. The Bertz CT molecular complexity index is 956. The number of nitriles is 1. The molecule has 2 aromatic rings. The Labute approximate surface area is 170 Å². The molecule has 0 heterocycles. The number of hydrogen-bond acceptors (Lipinski definition) is 4. The fraction of sp³-hybridized carbons (Fsp3) is 0.261. The summed E-state index contributed by atoms with van der Waals surface area (Å²) in [5.41, 5.74) is 6.50. The van der Waals surface area contributed by atoms with Crippen molar-refractivity contribution >= 4 is 11.8 Å². The van der Waals surface area contributed by atoms with E-state index in [4.69, 9.17) is 10.5 Å². The van der Waals surface area contributed by atoms with Gasteiger partial charge in [-0.1, -0.05) is 43.0 Å². The first kappa shape index (κ1) is 20.2. The Kier molecular flexibility index (Phi) is 5.99. The van der Waals surface area contributed by atoms with Gasteiger partial charge in [0.15, 0.2) is 0 Å². The molecule has 1 aliphatic rings. The molecule has 0 spiro atoms. The van der Waals surface area contributed by atoms with Gasteiger partial charge in [-0.25, -0.2) is 0 Å². The average molecular weight is 389 g/mol. The first-order valence-electron chi connectivity index (χ1n) is 9.42. The third-order valence-electron chi connectivity index (χ3n) is 4.98. The van der Waals surface area contributed by atoms with Gasteiger partial charge in [0, 0.05) is 5.56 Å². The Morgan fingerprint density at radius 2 is 1.93 bits per heavy atom. The van der Waals surface area contributed by atoms with Crippen molar-refractivity contribution < 1.29 is 14.3 Å². The van der Waals surface area contributed by atoms with E-state index in [9.17, 15) is 14.9 Å². The van der Waals surface area contributed by atoms with Crippen LogP contribution in [0.25, 0.3) is 0 Å². The number of carbonyl (C=O) groups is 2. The van der Waals surface area contributed by atoms with Crippen LogP contribution >= 0.6 is 0 Å². The molecule has 0 radical (unpaired) electrons. The SMILES string of the molecule is C=CCOc1ccc(C[C@H](C(=O)NC2(C#N)CC2)c2ccccc2C(N)=O)cc1. The van der Waals surface area contributed by atoms with Crippen molar-refractivity contribution in [1.29, 1.82) is 5.26 Å². The third-order valence-corrected chi connectivity index (χ3v) is 4.98. The Morgan fingerprint density at radius 3 is 2.52 bits per heavy atom. The fourth-order valence-electron chi connectivity index (χ4n) is 3.19. The summed E-state index contributed by atoms with van der Waals surface area (Å²) in [6, 6.07) is 16.4. The molecule has 0 bridgehead atoms. The van der Waals surface area contributed by atoms with E-state index < -0.39 is 17.4 Å². The second kappa shape index (κ2) is 8.61. The first-order chi connectivity index (χ1) is 14.0. The lowest BCUT2D eigenvalue weighted by Crippen LogP contribution is -2.40. The van der Waals surface area contributed by atoms with E-state index >= 15 is 0 Å². The van der Waals surface area contributed by atoms with Crippen LogP contribution in [-0.4, -0.2) is 24.0 Å². The van der Waals surface area contributed by atoms with E-state index in [2.05, 4.69) is 18.0 Å². The highest BCUT2D eigenvalue weighted by Crippen LogP contribution is 2.36. The molecule has 3 N–H and O–H groups in total. The highest BCUT2D eigenvalue weighted by molar-refractivity contribution is 5.97. The molecule has 1 saturated carbocycles. The Balaban J connectivity index is 1.89. The highest BCUT2D eigenvalue weighted by atomic mass is 16.5.